The zero-order valence-electron chi connectivity index (χ0n) is 8.45. The molecule has 0 aromatic carbocycles. The fourth-order valence-corrected chi connectivity index (χ4v) is 2.91. The fourth-order valence-electron chi connectivity index (χ4n) is 2.02. The number of alkyl halides is 2. The standard InChI is InChI=1S/C10H11F2NO2S/c11-10(12)3-1-9(2-4-10,8(14)15)7-13-5-6-16-7/h5-6H,1-4H2,(H,14,15). The summed E-state index contributed by atoms with van der Waals surface area (Å²) in [7, 11) is 0. The quantitative estimate of drug-likeness (QED) is 0.874. The summed E-state index contributed by atoms with van der Waals surface area (Å²) in [6.07, 6.45) is 0.681. The lowest BCUT2D eigenvalue weighted by atomic mass is 9.73. The number of thiazole rings is 1. The van der Waals surface area contributed by atoms with Gasteiger partial charge >= 0.3 is 5.97 Å². The van der Waals surface area contributed by atoms with Crippen LogP contribution in [0.15, 0.2) is 11.6 Å². The topological polar surface area (TPSA) is 50.2 Å². The van der Waals surface area contributed by atoms with Gasteiger partial charge in [-0.05, 0) is 12.8 Å². The van der Waals surface area contributed by atoms with Crippen LogP contribution in [0.5, 0.6) is 0 Å². The zero-order chi connectivity index (χ0) is 11.8. The molecule has 16 heavy (non-hydrogen) atoms. The Balaban J connectivity index is 2.30. The van der Waals surface area contributed by atoms with Crippen LogP contribution in [0.4, 0.5) is 8.78 Å². The maximum absolute atomic E-state index is 13.0. The third kappa shape index (κ3) is 1.81. The molecule has 0 unspecified atom stereocenters. The average Bonchev–Trinajstić information content (AvgIpc) is 2.71. The normalized spacial score (nSPS) is 22.9. The molecule has 1 aromatic heterocycles. The van der Waals surface area contributed by atoms with E-state index in [0.717, 1.165) is 0 Å². The molecule has 2 rings (SSSR count). The lowest BCUT2D eigenvalue weighted by Gasteiger charge is -2.35. The van der Waals surface area contributed by atoms with Gasteiger partial charge in [-0.1, -0.05) is 0 Å². The van der Waals surface area contributed by atoms with E-state index in [0.29, 0.717) is 5.01 Å². The maximum Gasteiger partial charge on any atom is 0.316 e. The summed E-state index contributed by atoms with van der Waals surface area (Å²) in [5.41, 5.74) is -1.20. The van der Waals surface area contributed by atoms with Crippen LogP contribution >= 0.6 is 11.3 Å². The van der Waals surface area contributed by atoms with Crippen LogP contribution in [0.2, 0.25) is 0 Å². The molecule has 0 radical (unpaired) electrons. The molecule has 1 heterocycles. The maximum atomic E-state index is 13.0. The van der Waals surface area contributed by atoms with Gasteiger partial charge in [0.15, 0.2) is 0 Å². The summed E-state index contributed by atoms with van der Waals surface area (Å²) in [4.78, 5) is 15.3. The predicted octanol–water partition coefficient (Wildman–Crippen LogP) is 2.67. The van der Waals surface area contributed by atoms with Crippen molar-refractivity contribution in [2.75, 3.05) is 0 Å². The molecule has 0 aliphatic heterocycles. The second-order valence-corrected chi connectivity index (χ2v) is 4.98. The van der Waals surface area contributed by atoms with Gasteiger partial charge in [0.05, 0.1) is 0 Å². The van der Waals surface area contributed by atoms with Gasteiger partial charge in [0.1, 0.15) is 10.4 Å². The summed E-state index contributed by atoms with van der Waals surface area (Å²) in [6, 6.07) is 0. The van der Waals surface area contributed by atoms with E-state index in [-0.39, 0.29) is 25.7 Å². The molecule has 1 aliphatic rings. The minimum atomic E-state index is -2.73. The van der Waals surface area contributed by atoms with Crippen molar-refractivity contribution in [2.45, 2.75) is 37.0 Å². The molecule has 1 saturated carbocycles. The molecular weight excluding hydrogens is 236 g/mol. The summed E-state index contributed by atoms with van der Waals surface area (Å²) >= 11 is 1.22. The van der Waals surface area contributed by atoms with Crippen LogP contribution in [0.3, 0.4) is 0 Å². The fraction of sp³-hybridized carbons (Fsp3) is 0.600. The van der Waals surface area contributed by atoms with E-state index in [9.17, 15) is 18.7 Å². The highest BCUT2D eigenvalue weighted by Crippen LogP contribution is 2.46. The number of halogens is 2. The van der Waals surface area contributed by atoms with Crippen LogP contribution in [-0.2, 0) is 10.2 Å². The van der Waals surface area contributed by atoms with E-state index in [4.69, 9.17) is 0 Å². The number of carbonyl (C=O) groups is 1. The van der Waals surface area contributed by atoms with Gasteiger partial charge in [-0.2, -0.15) is 0 Å². The van der Waals surface area contributed by atoms with Crippen molar-refractivity contribution < 1.29 is 18.7 Å². The van der Waals surface area contributed by atoms with Crippen molar-refractivity contribution in [3.63, 3.8) is 0 Å². The molecule has 6 heteroatoms. The number of aromatic nitrogens is 1. The smallest absolute Gasteiger partial charge is 0.316 e. The number of carboxylic acid groups (broad SMARTS) is 1. The number of hydrogen-bond donors (Lipinski definition) is 1. The largest absolute Gasteiger partial charge is 0.481 e. The van der Waals surface area contributed by atoms with Crippen LogP contribution < -0.4 is 0 Å². The Labute approximate surface area is 95.1 Å². The van der Waals surface area contributed by atoms with Gasteiger partial charge in [-0.3, -0.25) is 4.79 Å². The SMILES string of the molecule is O=C(O)C1(c2nccs2)CCC(F)(F)CC1. The number of carboxylic acids is 1. The van der Waals surface area contributed by atoms with Crippen LogP contribution in [0, 0.1) is 0 Å². The number of hydrogen-bond acceptors (Lipinski definition) is 3. The van der Waals surface area contributed by atoms with E-state index >= 15 is 0 Å². The number of aliphatic carboxylic acids is 1. The first-order valence-corrected chi connectivity index (χ1v) is 5.85. The molecule has 0 spiro atoms. The van der Waals surface area contributed by atoms with Gasteiger partial charge in [-0.15, -0.1) is 11.3 Å². The molecule has 3 nitrogen and oxygen atoms in total. The summed E-state index contributed by atoms with van der Waals surface area (Å²) in [6.45, 7) is 0. The van der Waals surface area contributed by atoms with E-state index in [1.165, 1.54) is 17.5 Å². The van der Waals surface area contributed by atoms with E-state index < -0.39 is 17.3 Å². The Bertz CT molecular complexity index is 382. The van der Waals surface area contributed by atoms with E-state index in [1.807, 2.05) is 0 Å². The highest BCUT2D eigenvalue weighted by molar-refractivity contribution is 7.09. The Morgan fingerprint density at radius 1 is 1.38 bits per heavy atom. The first kappa shape index (κ1) is 11.4. The second kappa shape index (κ2) is 3.76. The van der Waals surface area contributed by atoms with Crippen molar-refractivity contribution in [3.8, 4) is 0 Å². The molecule has 1 fully saturated rings. The molecular formula is C10H11F2NO2S. The Kier molecular flexibility index (Phi) is 2.69. The highest BCUT2D eigenvalue weighted by atomic mass is 32.1. The first-order valence-electron chi connectivity index (χ1n) is 4.97. The Morgan fingerprint density at radius 3 is 2.44 bits per heavy atom. The Morgan fingerprint density at radius 2 is 2.00 bits per heavy atom. The van der Waals surface area contributed by atoms with Crippen molar-refractivity contribution in [1.82, 2.24) is 4.98 Å². The molecule has 0 atom stereocenters. The summed E-state index contributed by atoms with van der Waals surface area (Å²) in [5.74, 6) is -3.77. The number of rotatable bonds is 2. The van der Waals surface area contributed by atoms with Crippen molar-refractivity contribution >= 4 is 17.3 Å². The average molecular weight is 247 g/mol. The minimum Gasteiger partial charge on any atom is -0.481 e. The summed E-state index contributed by atoms with van der Waals surface area (Å²) in [5, 5.41) is 11.4. The molecule has 1 N–H and O–H groups in total. The highest BCUT2D eigenvalue weighted by Gasteiger charge is 2.50. The first-order chi connectivity index (χ1) is 7.46. The van der Waals surface area contributed by atoms with Crippen LogP contribution in [0.25, 0.3) is 0 Å². The van der Waals surface area contributed by atoms with E-state index in [1.54, 1.807) is 5.38 Å². The lowest BCUT2D eigenvalue weighted by Crippen LogP contribution is -2.42. The van der Waals surface area contributed by atoms with Gasteiger partial charge in [0.2, 0.25) is 5.92 Å². The Hall–Kier alpha value is -1.04. The summed E-state index contributed by atoms with van der Waals surface area (Å²) < 4.78 is 26.1. The third-order valence-corrected chi connectivity index (χ3v) is 4.06. The van der Waals surface area contributed by atoms with Crippen LogP contribution in [-0.4, -0.2) is 22.0 Å². The van der Waals surface area contributed by atoms with Crippen molar-refractivity contribution in [2.24, 2.45) is 0 Å². The van der Waals surface area contributed by atoms with Gasteiger partial charge in [-0.25, -0.2) is 13.8 Å². The molecule has 0 saturated heterocycles. The van der Waals surface area contributed by atoms with Gasteiger partial charge in [0, 0.05) is 24.4 Å². The monoisotopic (exact) mass is 247 g/mol. The van der Waals surface area contributed by atoms with E-state index in [2.05, 4.69) is 4.98 Å². The third-order valence-electron chi connectivity index (χ3n) is 3.09. The zero-order valence-corrected chi connectivity index (χ0v) is 9.27. The molecule has 88 valence electrons. The molecule has 0 amide bonds. The lowest BCUT2D eigenvalue weighted by molar-refractivity contribution is -0.149. The molecule has 0 bridgehead atoms. The number of nitrogens with zero attached hydrogens (tertiary/aromatic N) is 1. The van der Waals surface area contributed by atoms with Crippen molar-refractivity contribution in [3.05, 3.63) is 16.6 Å². The minimum absolute atomic E-state index is 0.0388. The predicted molar refractivity (Wildman–Crippen MR) is 54.8 cm³/mol. The van der Waals surface area contributed by atoms with Gasteiger partial charge < -0.3 is 5.11 Å². The van der Waals surface area contributed by atoms with Crippen molar-refractivity contribution in [1.29, 1.82) is 0 Å². The molecule has 1 aliphatic carbocycles. The van der Waals surface area contributed by atoms with Crippen LogP contribution in [0.1, 0.15) is 30.7 Å². The molecule has 1 aromatic rings. The second-order valence-electron chi connectivity index (χ2n) is 4.08. The van der Waals surface area contributed by atoms with Gasteiger partial charge in [0.25, 0.3) is 0 Å².